The summed E-state index contributed by atoms with van der Waals surface area (Å²) >= 11 is 0. The summed E-state index contributed by atoms with van der Waals surface area (Å²) in [7, 11) is 2.38. The van der Waals surface area contributed by atoms with Crippen LogP contribution in [0.4, 0.5) is 0 Å². The Morgan fingerprint density at radius 3 is 1.87 bits per heavy atom. The third-order valence-electron chi connectivity index (χ3n) is 6.68. The summed E-state index contributed by atoms with van der Waals surface area (Å²) in [6.45, 7) is 16.7. The zero-order chi connectivity index (χ0) is 23.4. The van der Waals surface area contributed by atoms with Crippen LogP contribution in [0, 0.1) is 0 Å². The molecule has 0 aromatic carbocycles. The number of carbonyl (C=O) groups excluding carboxylic acids is 1. The van der Waals surface area contributed by atoms with Crippen molar-refractivity contribution in [1.82, 2.24) is 0 Å². The Kier molecular flexibility index (Phi) is 18.9. The summed E-state index contributed by atoms with van der Waals surface area (Å²) in [5.41, 5.74) is 0.478. The van der Waals surface area contributed by atoms with Crippen molar-refractivity contribution in [3.63, 3.8) is 0 Å². The first-order chi connectivity index (χ1) is 14.9. The van der Waals surface area contributed by atoms with Gasteiger partial charge >= 0.3 is 5.97 Å². The van der Waals surface area contributed by atoms with E-state index in [1.54, 1.807) is 6.92 Å². The SMILES string of the molecule is C=CC[N+](C)(CCCCCCCCCCCCCC)C(CC)CCCOC(=O)C(=C)C. The van der Waals surface area contributed by atoms with E-state index in [1.165, 1.54) is 83.6 Å². The minimum absolute atomic E-state index is 0.270. The van der Waals surface area contributed by atoms with E-state index in [9.17, 15) is 4.79 Å². The van der Waals surface area contributed by atoms with Crippen LogP contribution in [0.15, 0.2) is 24.8 Å². The first kappa shape index (κ1) is 29.9. The number of hydrogen-bond acceptors (Lipinski definition) is 2. The minimum Gasteiger partial charge on any atom is -0.462 e. The van der Waals surface area contributed by atoms with E-state index in [0.29, 0.717) is 18.2 Å². The van der Waals surface area contributed by atoms with E-state index in [0.717, 1.165) is 30.3 Å². The van der Waals surface area contributed by atoms with Crippen molar-refractivity contribution in [3.05, 3.63) is 24.8 Å². The highest BCUT2D eigenvalue weighted by Crippen LogP contribution is 2.21. The second-order valence-corrected chi connectivity index (χ2v) is 9.68. The maximum Gasteiger partial charge on any atom is 0.333 e. The van der Waals surface area contributed by atoms with E-state index >= 15 is 0 Å². The fraction of sp³-hybridized carbons (Fsp3) is 0.821. The van der Waals surface area contributed by atoms with Crippen molar-refractivity contribution in [2.45, 2.75) is 123 Å². The van der Waals surface area contributed by atoms with Gasteiger partial charge in [0.2, 0.25) is 0 Å². The van der Waals surface area contributed by atoms with Crippen LogP contribution in [-0.4, -0.2) is 43.2 Å². The molecular formula is C28H54NO2+. The first-order valence-corrected chi connectivity index (χ1v) is 13.2. The van der Waals surface area contributed by atoms with Crippen LogP contribution in [0.5, 0.6) is 0 Å². The molecular weight excluding hydrogens is 382 g/mol. The number of unbranched alkanes of at least 4 members (excludes halogenated alkanes) is 11. The Hall–Kier alpha value is -1.09. The largest absolute Gasteiger partial charge is 0.462 e. The van der Waals surface area contributed by atoms with Gasteiger partial charge in [-0.1, -0.05) is 91.2 Å². The Bertz CT molecular complexity index is 474. The number of quaternary nitrogens is 1. The van der Waals surface area contributed by atoms with Gasteiger partial charge in [0.25, 0.3) is 0 Å². The molecule has 0 rings (SSSR count). The molecule has 0 aromatic rings. The maximum atomic E-state index is 11.6. The van der Waals surface area contributed by atoms with Crippen LogP contribution in [-0.2, 0) is 9.53 Å². The predicted molar refractivity (Wildman–Crippen MR) is 136 cm³/mol. The molecule has 0 fully saturated rings. The highest BCUT2D eigenvalue weighted by molar-refractivity contribution is 5.86. The van der Waals surface area contributed by atoms with Crippen LogP contribution in [0.2, 0.25) is 0 Å². The molecule has 0 saturated carbocycles. The number of ether oxygens (including phenoxy) is 1. The lowest BCUT2D eigenvalue weighted by atomic mass is 10.0. The minimum atomic E-state index is -0.270. The summed E-state index contributed by atoms with van der Waals surface area (Å²) in [5, 5.41) is 0. The number of nitrogens with zero attached hydrogens (tertiary/aromatic N) is 1. The smallest absolute Gasteiger partial charge is 0.333 e. The lowest BCUT2D eigenvalue weighted by molar-refractivity contribution is -0.929. The van der Waals surface area contributed by atoms with E-state index in [1.807, 2.05) is 0 Å². The van der Waals surface area contributed by atoms with Gasteiger partial charge in [-0.2, -0.15) is 0 Å². The van der Waals surface area contributed by atoms with Crippen LogP contribution < -0.4 is 0 Å². The zero-order valence-electron chi connectivity index (χ0n) is 21.6. The van der Waals surface area contributed by atoms with E-state index in [-0.39, 0.29) is 5.97 Å². The summed E-state index contributed by atoms with van der Waals surface area (Å²) in [4.78, 5) is 11.6. The van der Waals surface area contributed by atoms with Crippen LogP contribution >= 0.6 is 0 Å². The van der Waals surface area contributed by atoms with Crippen LogP contribution in [0.1, 0.15) is 117 Å². The summed E-state index contributed by atoms with van der Waals surface area (Å²) in [5.74, 6) is -0.270. The van der Waals surface area contributed by atoms with Crippen molar-refractivity contribution in [1.29, 1.82) is 0 Å². The highest BCUT2D eigenvalue weighted by Gasteiger charge is 2.29. The maximum absolute atomic E-state index is 11.6. The summed E-state index contributed by atoms with van der Waals surface area (Å²) in [6.07, 6.45) is 21.9. The number of esters is 1. The topological polar surface area (TPSA) is 26.3 Å². The third kappa shape index (κ3) is 15.4. The molecule has 31 heavy (non-hydrogen) atoms. The second kappa shape index (κ2) is 19.6. The zero-order valence-corrected chi connectivity index (χ0v) is 21.6. The lowest BCUT2D eigenvalue weighted by Crippen LogP contribution is -2.52. The standard InChI is InChI=1S/C28H54NO2/c1-7-10-11-12-13-14-15-16-17-18-19-20-24-29(6,23-8-2)27(9-3)22-21-25-31-28(30)26(4)5/h8,27H,2,4,7,9-25H2,1,3,5-6H3/q+1. The average Bonchev–Trinajstić information content (AvgIpc) is 2.74. The fourth-order valence-electron chi connectivity index (χ4n) is 4.60. The molecule has 0 amide bonds. The highest BCUT2D eigenvalue weighted by atomic mass is 16.5. The van der Waals surface area contributed by atoms with Gasteiger partial charge in [0.05, 0.1) is 32.8 Å². The van der Waals surface area contributed by atoms with Gasteiger partial charge in [-0.05, 0) is 38.7 Å². The quantitative estimate of drug-likeness (QED) is 0.0565. The van der Waals surface area contributed by atoms with Crippen LogP contribution in [0.3, 0.4) is 0 Å². The Morgan fingerprint density at radius 1 is 0.903 bits per heavy atom. The second-order valence-electron chi connectivity index (χ2n) is 9.68. The van der Waals surface area contributed by atoms with E-state index in [4.69, 9.17) is 4.74 Å². The molecule has 3 nitrogen and oxygen atoms in total. The molecule has 182 valence electrons. The molecule has 3 heteroatoms. The van der Waals surface area contributed by atoms with Crippen molar-refractivity contribution in [2.75, 3.05) is 26.7 Å². The van der Waals surface area contributed by atoms with Gasteiger partial charge in [0.15, 0.2) is 0 Å². The van der Waals surface area contributed by atoms with Crippen molar-refractivity contribution in [3.8, 4) is 0 Å². The molecule has 0 N–H and O–H groups in total. The molecule has 0 radical (unpaired) electrons. The monoisotopic (exact) mass is 436 g/mol. The molecule has 0 bridgehead atoms. The Morgan fingerprint density at radius 2 is 1.42 bits per heavy atom. The molecule has 0 spiro atoms. The van der Waals surface area contributed by atoms with Gasteiger partial charge in [-0.15, -0.1) is 0 Å². The average molecular weight is 437 g/mol. The van der Waals surface area contributed by atoms with Gasteiger partial charge in [0, 0.05) is 12.0 Å². The molecule has 2 unspecified atom stereocenters. The number of rotatable bonds is 22. The lowest BCUT2D eigenvalue weighted by Gasteiger charge is -2.41. The number of hydrogen-bond donors (Lipinski definition) is 0. The Balaban J connectivity index is 4.06. The normalized spacial score (nSPS) is 14.1. The summed E-state index contributed by atoms with van der Waals surface area (Å²) < 4.78 is 6.34. The first-order valence-electron chi connectivity index (χ1n) is 13.2. The predicted octanol–water partition coefficient (Wildman–Crippen LogP) is 8.00. The molecule has 0 aliphatic heterocycles. The third-order valence-corrected chi connectivity index (χ3v) is 6.68. The molecule has 0 aromatic heterocycles. The van der Waals surface area contributed by atoms with Crippen molar-refractivity contribution in [2.24, 2.45) is 0 Å². The molecule has 0 aliphatic carbocycles. The van der Waals surface area contributed by atoms with E-state index < -0.39 is 0 Å². The Labute approximate surface area is 194 Å². The van der Waals surface area contributed by atoms with Gasteiger partial charge in [-0.3, -0.25) is 0 Å². The molecule has 0 saturated heterocycles. The van der Waals surface area contributed by atoms with Gasteiger partial charge < -0.3 is 9.22 Å². The van der Waals surface area contributed by atoms with Crippen LogP contribution in [0.25, 0.3) is 0 Å². The fourth-order valence-corrected chi connectivity index (χ4v) is 4.60. The molecule has 0 heterocycles. The molecule has 2 atom stereocenters. The number of likely N-dealkylation sites (N-methyl/N-ethyl adjacent to an activating group) is 1. The molecule has 0 aliphatic rings. The van der Waals surface area contributed by atoms with E-state index in [2.05, 4.69) is 40.1 Å². The number of carbonyl (C=O) groups is 1. The van der Waals surface area contributed by atoms with Gasteiger partial charge in [0.1, 0.15) is 0 Å². The summed E-state index contributed by atoms with van der Waals surface area (Å²) in [6, 6.07) is 0.592. The van der Waals surface area contributed by atoms with Crippen molar-refractivity contribution >= 4 is 5.97 Å². The van der Waals surface area contributed by atoms with Gasteiger partial charge in [-0.25, -0.2) is 4.79 Å². The van der Waals surface area contributed by atoms with Crippen molar-refractivity contribution < 1.29 is 14.0 Å².